The molecule has 29 heavy (non-hydrogen) atoms. The first-order chi connectivity index (χ1) is 13.6. The van der Waals surface area contributed by atoms with Crippen LogP contribution in [0.3, 0.4) is 0 Å². The molecule has 0 heterocycles. The Morgan fingerprint density at radius 1 is 1.00 bits per heavy atom. The van der Waals surface area contributed by atoms with Crippen LogP contribution < -0.4 is 10.0 Å². The van der Waals surface area contributed by atoms with E-state index in [2.05, 4.69) is 10.0 Å². The van der Waals surface area contributed by atoms with Crippen molar-refractivity contribution >= 4 is 21.6 Å². The van der Waals surface area contributed by atoms with Crippen LogP contribution >= 0.6 is 0 Å². The number of hydrogen-bond acceptors (Lipinski definition) is 3. The molecule has 0 saturated heterocycles. The third-order valence-electron chi connectivity index (χ3n) is 4.90. The molecule has 3 rings (SSSR count). The molecule has 1 aliphatic rings. The monoisotopic (exact) mass is 426 g/mol. The predicted molar refractivity (Wildman–Crippen MR) is 103 cm³/mol. The van der Waals surface area contributed by atoms with Gasteiger partial charge in [0.1, 0.15) is 0 Å². The van der Waals surface area contributed by atoms with E-state index >= 15 is 0 Å². The highest BCUT2D eigenvalue weighted by Gasteiger charge is 2.42. The zero-order valence-electron chi connectivity index (χ0n) is 15.4. The van der Waals surface area contributed by atoms with Gasteiger partial charge in [0.05, 0.1) is 10.8 Å². The van der Waals surface area contributed by atoms with E-state index in [0.717, 1.165) is 0 Å². The quantitative estimate of drug-likeness (QED) is 0.747. The average Bonchev–Trinajstić information content (AvgIpc) is 2.68. The zero-order valence-corrected chi connectivity index (χ0v) is 16.3. The van der Waals surface area contributed by atoms with Crippen molar-refractivity contribution in [2.75, 3.05) is 4.72 Å². The minimum atomic E-state index is -4.26. The van der Waals surface area contributed by atoms with E-state index in [9.17, 15) is 26.4 Å². The Morgan fingerprint density at radius 2 is 1.72 bits per heavy atom. The molecule has 0 spiro atoms. The van der Waals surface area contributed by atoms with E-state index in [-0.39, 0.29) is 29.0 Å². The highest BCUT2D eigenvalue weighted by Crippen LogP contribution is 2.37. The molecule has 1 aliphatic carbocycles. The number of sulfonamides is 1. The molecule has 2 aromatic carbocycles. The third kappa shape index (κ3) is 5.50. The lowest BCUT2D eigenvalue weighted by molar-refractivity contribution is -0.183. The lowest BCUT2D eigenvalue weighted by Crippen LogP contribution is -2.41. The van der Waals surface area contributed by atoms with E-state index in [1.165, 1.54) is 36.4 Å². The summed E-state index contributed by atoms with van der Waals surface area (Å²) < 4.78 is 66.1. The van der Waals surface area contributed by atoms with Gasteiger partial charge in [-0.25, -0.2) is 8.42 Å². The van der Waals surface area contributed by atoms with Crippen molar-refractivity contribution in [3.63, 3.8) is 0 Å². The summed E-state index contributed by atoms with van der Waals surface area (Å²) in [5.41, 5.74) is 0.366. The Balaban J connectivity index is 1.68. The molecule has 1 saturated carbocycles. The van der Waals surface area contributed by atoms with Gasteiger partial charge in [-0.15, -0.1) is 0 Å². The maximum Gasteiger partial charge on any atom is 0.391 e. The van der Waals surface area contributed by atoms with Gasteiger partial charge in [-0.3, -0.25) is 9.52 Å². The second-order valence-electron chi connectivity index (χ2n) is 7.07. The normalized spacial score (nSPS) is 20.1. The summed E-state index contributed by atoms with van der Waals surface area (Å²) in [5, 5.41) is 2.64. The molecule has 1 fully saturated rings. The molecule has 2 aromatic rings. The van der Waals surface area contributed by atoms with Crippen LogP contribution in [0.25, 0.3) is 0 Å². The van der Waals surface area contributed by atoms with Crippen LogP contribution in [0, 0.1) is 5.92 Å². The van der Waals surface area contributed by atoms with Crippen LogP contribution in [0.4, 0.5) is 18.9 Å². The highest BCUT2D eigenvalue weighted by atomic mass is 32.2. The van der Waals surface area contributed by atoms with Gasteiger partial charge in [-0.2, -0.15) is 13.2 Å². The molecule has 0 bridgehead atoms. The Bertz CT molecular complexity index is 962. The maximum absolute atomic E-state index is 12.9. The standard InChI is InChI=1S/C20H21F3N2O3S/c21-20(22,23)15-7-5-8-16(13-15)24-19(26)14-6-4-9-17(12-14)25-29(27,28)18-10-2-1-3-11-18/h1-4,6,9-12,15-16,25H,5,7-8,13H2,(H,24,26). The van der Waals surface area contributed by atoms with E-state index in [0.29, 0.717) is 12.8 Å². The topological polar surface area (TPSA) is 75.3 Å². The highest BCUT2D eigenvalue weighted by molar-refractivity contribution is 7.92. The number of carbonyl (C=O) groups is 1. The summed E-state index contributed by atoms with van der Waals surface area (Å²) in [6.07, 6.45) is -3.45. The first-order valence-electron chi connectivity index (χ1n) is 9.21. The van der Waals surface area contributed by atoms with Crippen LogP contribution in [0.15, 0.2) is 59.5 Å². The number of rotatable bonds is 5. The lowest BCUT2D eigenvalue weighted by atomic mass is 9.85. The SMILES string of the molecule is O=C(NC1CCCC(C(F)(F)F)C1)c1cccc(NS(=O)(=O)c2ccccc2)c1. The lowest BCUT2D eigenvalue weighted by Gasteiger charge is -2.31. The van der Waals surface area contributed by atoms with Gasteiger partial charge >= 0.3 is 6.18 Å². The fourth-order valence-electron chi connectivity index (χ4n) is 3.42. The summed E-state index contributed by atoms with van der Waals surface area (Å²) >= 11 is 0. The van der Waals surface area contributed by atoms with Gasteiger partial charge in [0.2, 0.25) is 0 Å². The summed E-state index contributed by atoms with van der Waals surface area (Å²) in [6.45, 7) is 0. The van der Waals surface area contributed by atoms with E-state index in [1.54, 1.807) is 18.2 Å². The van der Waals surface area contributed by atoms with E-state index in [4.69, 9.17) is 0 Å². The van der Waals surface area contributed by atoms with Crippen LogP contribution in [0.2, 0.25) is 0 Å². The number of alkyl halides is 3. The zero-order chi connectivity index (χ0) is 21.1. The molecule has 0 aromatic heterocycles. The Labute approximate surface area is 167 Å². The number of amides is 1. The fourth-order valence-corrected chi connectivity index (χ4v) is 4.50. The Hall–Kier alpha value is -2.55. The minimum absolute atomic E-state index is 0.0760. The van der Waals surface area contributed by atoms with Crippen molar-refractivity contribution in [3.05, 3.63) is 60.2 Å². The second-order valence-corrected chi connectivity index (χ2v) is 8.76. The van der Waals surface area contributed by atoms with Crippen LogP contribution in [-0.4, -0.2) is 26.5 Å². The van der Waals surface area contributed by atoms with Gasteiger partial charge in [0.15, 0.2) is 0 Å². The smallest absolute Gasteiger partial charge is 0.349 e. The third-order valence-corrected chi connectivity index (χ3v) is 6.30. The minimum Gasteiger partial charge on any atom is -0.349 e. The Kier molecular flexibility index (Phi) is 6.16. The Morgan fingerprint density at radius 3 is 2.41 bits per heavy atom. The molecular weight excluding hydrogens is 405 g/mol. The molecule has 0 radical (unpaired) electrons. The van der Waals surface area contributed by atoms with E-state index < -0.39 is 34.1 Å². The predicted octanol–water partition coefficient (Wildman–Crippen LogP) is 4.34. The second kappa shape index (κ2) is 8.44. The molecule has 5 nitrogen and oxygen atoms in total. The maximum atomic E-state index is 12.9. The van der Waals surface area contributed by atoms with E-state index in [1.807, 2.05) is 0 Å². The van der Waals surface area contributed by atoms with Gasteiger partial charge in [0.25, 0.3) is 15.9 Å². The van der Waals surface area contributed by atoms with Gasteiger partial charge < -0.3 is 5.32 Å². The van der Waals surface area contributed by atoms with Crippen LogP contribution in [-0.2, 0) is 10.0 Å². The van der Waals surface area contributed by atoms with Gasteiger partial charge in [-0.1, -0.05) is 30.7 Å². The first-order valence-corrected chi connectivity index (χ1v) is 10.7. The van der Waals surface area contributed by atoms with Crippen molar-refractivity contribution in [2.45, 2.75) is 42.8 Å². The molecule has 2 atom stereocenters. The molecular formula is C20H21F3N2O3S. The number of nitrogens with one attached hydrogen (secondary N) is 2. The number of anilines is 1. The largest absolute Gasteiger partial charge is 0.391 e. The first kappa shape index (κ1) is 21.2. The van der Waals surface area contributed by atoms with Gasteiger partial charge in [-0.05, 0) is 49.6 Å². The number of hydrogen-bond donors (Lipinski definition) is 2. The summed E-state index contributed by atoms with van der Waals surface area (Å²) in [6, 6.07) is 13.1. The van der Waals surface area contributed by atoms with Crippen molar-refractivity contribution in [2.24, 2.45) is 5.92 Å². The average molecular weight is 426 g/mol. The number of halogens is 3. The molecule has 9 heteroatoms. The number of benzene rings is 2. The van der Waals surface area contributed by atoms with Crippen molar-refractivity contribution in [1.82, 2.24) is 5.32 Å². The van der Waals surface area contributed by atoms with Crippen molar-refractivity contribution in [1.29, 1.82) is 0 Å². The summed E-state index contributed by atoms with van der Waals surface area (Å²) in [7, 11) is -3.81. The number of carbonyl (C=O) groups excluding carboxylic acids is 1. The molecule has 2 unspecified atom stereocenters. The molecule has 0 aliphatic heterocycles. The fraction of sp³-hybridized carbons (Fsp3) is 0.350. The van der Waals surface area contributed by atoms with Crippen molar-refractivity contribution in [3.8, 4) is 0 Å². The summed E-state index contributed by atoms with van der Waals surface area (Å²) in [4.78, 5) is 12.6. The molecule has 156 valence electrons. The summed E-state index contributed by atoms with van der Waals surface area (Å²) in [5.74, 6) is -1.94. The van der Waals surface area contributed by atoms with Crippen LogP contribution in [0.5, 0.6) is 0 Å². The van der Waals surface area contributed by atoms with Gasteiger partial charge in [0, 0.05) is 17.3 Å². The van der Waals surface area contributed by atoms with Crippen molar-refractivity contribution < 1.29 is 26.4 Å². The molecule has 2 N–H and O–H groups in total. The van der Waals surface area contributed by atoms with Crippen LogP contribution in [0.1, 0.15) is 36.0 Å². The molecule has 1 amide bonds.